The van der Waals surface area contributed by atoms with Crippen molar-refractivity contribution in [3.63, 3.8) is 0 Å². The number of hydrogen-bond donors (Lipinski definition) is 0. The summed E-state index contributed by atoms with van der Waals surface area (Å²) in [6.45, 7) is 6.37. The molecule has 6 nitrogen and oxygen atoms in total. The Balaban J connectivity index is 1.36. The molecule has 6 heteroatoms. The second-order valence-electron chi connectivity index (χ2n) is 7.45. The van der Waals surface area contributed by atoms with E-state index in [0.717, 1.165) is 50.5 Å². The van der Waals surface area contributed by atoms with Gasteiger partial charge in [0.2, 0.25) is 0 Å². The summed E-state index contributed by atoms with van der Waals surface area (Å²) in [6, 6.07) is 8.62. The number of nitrogens with zero attached hydrogens (tertiary/aromatic N) is 3. The van der Waals surface area contributed by atoms with Crippen LogP contribution in [0.4, 0.5) is 4.79 Å². The van der Waals surface area contributed by atoms with E-state index >= 15 is 0 Å². The van der Waals surface area contributed by atoms with Gasteiger partial charge in [-0.15, -0.1) is 0 Å². The highest BCUT2D eigenvalue weighted by atomic mass is 16.6. The van der Waals surface area contributed by atoms with Crippen molar-refractivity contribution in [2.75, 3.05) is 39.8 Å². The smallest absolute Gasteiger partial charge is 0.320 e. The Morgan fingerprint density at radius 1 is 1.20 bits per heavy atom. The van der Waals surface area contributed by atoms with E-state index in [9.17, 15) is 4.79 Å². The summed E-state index contributed by atoms with van der Waals surface area (Å²) >= 11 is 0. The molecule has 1 unspecified atom stereocenters. The van der Waals surface area contributed by atoms with E-state index in [1.54, 1.807) is 0 Å². The van der Waals surface area contributed by atoms with Crippen LogP contribution in [0.25, 0.3) is 0 Å². The van der Waals surface area contributed by atoms with Gasteiger partial charge in [-0.05, 0) is 38.4 Å². The molecule has 0 aromatic heterocycles. The third-order valence-electron chi connectivity index (χ3n) is 5.62. The molecule has 3 aliphatic rings. The average molecular weight is 345 g/mol. The summed E-state index contributed by atoms with van der Waals surface area (Å²) in [5.41, 5.74) is 0. The molecule has 25 heavy (non-hydrogen) atoms. The summed E-state index contributed by atoms with van der Waals surface area (Å²) in [7, 11) is 1.90. The lowest BCUT2D eigenvalue weighted by Crippen LogP contribution is -2.52. The van der Waals surface area contributed by atoms with Gasteiger partial charge in [-0.3, -0.25) is 4.90 Å². The molecule has 2 saturated heterocycles. The van der Waals surface area contributed by atoms with Crippen molar-refractivity contribution in [3.8, 4) is 11.5 Å². The lowest BCUT2D eigenvalue weighted by Gasteiger charge is -2.39. The van der Waals surface area contributed by atoms with Crippen molar-refractivity contribution in [1.29, 1.82) is 0 Å². The maximum absolute atomic E-state index is 12.4. The highest BCUT2D eigenvalue weighted by Gasteiger charge is 2.38. The minimum absolute atomic E-state index is 0.0459. The lowest BCUT2D eigenvalue weighted by atomic mass is 10.0. The number of likely N-dealkylation sites (N-methyl/N-ethyl adjacent to an activating group) is 1. The summed E-state index contributed by atoms with van der Waals surface area (Å²) in [4.78, 5) is 18.8. The Hall–Kier alpha value is -1.95. The van der Waals surface area contributed by atoms with E-state index in [4.69, 9.17) is 9.47 Å². The number of rotatable bonds is 3. The first-order valence-corrected chi connectivity index (χ1v) is 9.26. The fourth-order valence-electron chi connectivity index (χ4n) is 4.07. The molecule has 3 aliphatic heterocycles. The maximum atomic E-state index is 12.4. The predicted molar refractivity (Wildman–Crippen MR) is 95.1 cm³/mol. The zero-order chi connectivity index (χ0) is 17.4. The van der Waals surface area contributed by atoms with Crippen LogP contribution in [0.2, 0.25) is 0 Å². The zero-order valence-corrected chi connectivity index (χ0v) is 15.1. The van der Waals surface area contributed by atoms with E-state index in [2.05, 4.69) is 16.7 Å². The number of piperidine rings is 1. The van der Waals surface area contributed by atoms with Crippen molar-refractivity contribution in [1.82, 2.24) is 14.7 Å². The predicted octanol–water partition coefficient (Wildman–Crippen LogP) is 2.05. The Labute approximate surface area is 149 Å². The van der Waals surface area contributed by atoms with Crippen LogP contribution in [-0.4, -0.2) is 78.8 Å². The fourth-order valence-corrected chi connectivity index (χ4v) is 4.07. The molecule has 4 rings (SSSR count). The van der Waals surface area contributed by atoms with Crippen molar-refractivity contribution in [3.05, 3.63) is 24.3 Å². The first-order chi connectivity index (χ1) is 12.1. The SMILES string of the molecule is CC1CN([C@H]2CCCN(C[C@H]3COc4ccccc4O3)C2)C(=O)N1C. The highest BCUT2D eigenvalue weighted by Crippen LogP contribution is 2.31. The molecule has 0 N–H and O–H groups in total. The minimum Gasteiger partial charge on any atom is -0.486 e. The average Bonchev–Trinajstić information content (AvgIpc) is 2.89. The highest BCUT2D eigenvalue weighted by molar-refractivity contribution is 5.77. The van der Waals surface area contributed by atoms with E-state index in [-0.39, 0.29) is 12.1 Å². The second kappa shape index (κ2) is 6.75. The molecule has 0 aliphatic carbocycles. The number of fused-ring (bicyclic) bond motifs is 1. The molecule has 0 bridgehead atoms. The largest absolute Gasteiger partial charge is 0.486 e. The van der Waals surface area contributed by atoms with Crippen LogP contribution in [-0.2, 0) is 0 Å². The van der Waals surface area contributed by atoms with E-state index < -0.39 is 0 Å². The molecule has 136 valence electrons. The third kappa shape index (κ3) is 3.27. The third-order valence-corrected chi connectivity index (χ3v) is 5.62. The Kier molecular flexibility index (Phi) is 4.46. The fraction of sp³-hybridized carbons (Fsp3) is 0.632. The standard InChI is InChI=1S/C19H27N3O3/c1-14-10-22(19(23)20(14)2)15-6-5-9-21(11-15)12-16-13-24-17-7-3-4-8-18(17)25-16/h3-4,7-8,14-16H,5-6,9-13H2,1-2H3/t14?,15-,16-/m0/s1. The number of hydrogen-bond acceptors (Lipinski definition) is 4. The lowest BCUT2D eigenvalue weighted by molar-refractivity contribution is 0.0400. The number of urea groups is 1. The quantitative estimate of drug-likeness (QED) is 0.841. The van der Waals surface area contributed by atoms with Gasteiger partial charge >= 0.3 is 6.03 Å². The molecular weight excluding hydrogens is 318 g/mol. The van der Waals surface area contributed by atoms with E-state index in [1.165, 1.54) is 0 Å². The van der Waals surface area contributed by atoms with Crippen LogP contribution in [0.15, 0.2) is 24.3 Å². The Morgan fingerprint density at radius 3 is 2.76 bits per heavy atom. The van der Waals surface area contributed by atoms with E-state index in [0.29, 0.717) is 18.7 Å². The zero-order valence-electron chi connectivity index (χ0n) is 15.1. The summed E-state index contributed by atoms with van der Waals surface area (Å²) in [6.07, 6.45) is 2.26. The number of para-hydroxylation sites is 2. The second-order valence-corrected chi connectivity index (χ2v) is 7.45. The number of benzene rings is 1. The van der Waals surface area contributed by atoms with Crippen LogP contribution in [0.1, 0.15) is 19.8 Å². The van der Waals surface area contributed by atoms with E-state index in [1.807, 2.05) is 36.2 Å². The summed E-state index contributed by atoms with van der Waals surface area (Å²) in [5, 5.41) is 0. The van der Waals surface area contributed by atoms with Gasteiger partial charge in [0.05, 0.1) is 0 Å². The van der Waals surface area contributed by atoms with Gasteiger partial charge in [-0.25, -0.2) is 4.79 Å². The monoisotopic (exact) mass is 345 g/mol. The van der Waals surface area contributed by atoms with Crippen LogP contribution >= 0.6 is 0 Å². The van der Waals surface area contributed by atoms with Crippen molar-refractivity contribution < 1.29 is 14.3 Å². The van der Waals surface area contributed by atoms with Crippen LogP contribution < -0.4 is 9.47 Å². The first-order valence-electron chi connectivity index (χ1n) is 9.26. The van der Waals surface area contributed by atoms with Crippen LogP contribution in [0, 0.1) is 0 Å². The number of carbonyl (C=O) groups excluding carboxylic acids is 1. The molecule has 1 aromatic rings. The van der Waals surface area contributed by atoms with Crippen LogP contribution in [0.3, 0.4) is 0 Å². The molecule has 3 heterocycles. The molecule has 0 spiro atoms. The number of amides is 2. The molecule has 1 aromatic carbocycles. The summed E-state index contributed by atoms with van der Waals surface area (Å²) in [5.74, 6) is 1.66. The van der Waals surface area contributed by atoms with Crippen LogP contribution in [0.5, 0.6) is 11.5 Å². The van der Waals surface area contributed by atoms with Gasteiger partial charge < -0.3 is 19.3 Å². The van der Waals surface area contributed by atoms with Gasteiger partial charge in [0.1, 0.15) is 12.7 Å². The number of carbonyl (C=O) groups is 1. The molecule has 2 amide bonds. The first kappa shape index (κ1) is 16.5. The minimum atomic E-state index is 0.0459. The molecular formula is C19H27N3O3. The Bertz CT molecular complexity index is 638. The molecule has 0 radical (unpaired) electrons. The van der Waals surface area contributed by atoms with Crippen molar-refractivity contribution in [2.24, 2.45) is 0 Å². The number of ether oxygens (including phenoxy) is 2. The van der Waals surface area contributed by atoms with Gasteiger partial charge in [-0.2, -0.15) is 0 Å². The Morgan fingerprint density at radius 2 is 2.00 bits per heavy atom. The topological polar surface area (TPSA) is 45.3 Å². The molecule has 2 fully saturated rings. The van der Waals surface area contributed by atoms with Crippen molar-refractivity contribution >= 4 is 6.03 Å². The van der Waals surface area contributed by atoms with Gasteiger partial charge in [-0.1, -0.05) is 12.1 Å². The summed E-state index contributed by atoms with van der Waals surface area (Å²) < 4.78 is 11.9. The van der Waals surface area contributed by atoms with Crippen molar-refractivity contribution in [2.45, 2.75) is 38.0 Å². The normalized spacial score (nSPS) is 30.0. The molecule has 0 saturated carbocycles. The van der Waals surface area contributed by atoms with Gasteiger partial charge in [0.15, 0.2) is 11.5 Å². The maximum Gasteiger partial charge on any atom is 0.320 e. The molecule has 3 atom stereocenters. The van der Waals surface area contributed by atoms with Gasteiger partial charge in [0.25, 0.3) is 0 Å². The van der Waals surface area contributed by atoms with Gasteiger partial charge in [0, 0.05) is 38.8 Å². The number of likely N-dealkylation sites (tertiary alicyclic amines) is 1.